The van der Waals surface area contributed by atoms with Gasteiger partial charge in [-0.2, -0.15) is 0 Å². The van der Waals surface area contributed by atoms with Crippen LogP contribution in [0.2, 0.25) is 0 Å². The van der Waals surface area contributed by atoms with Crippen molar-refractivity contribution in [2.45, 2.75) is 54.1 Å². The smallest absolute Gasteiger partial charge is 0.242 e. The molecule has 0 bridgehead atoms. The second-order valence-corrected chi connectivity index (χ2v) is 6.18. The Balaban J connectivity index is 0. The van der Waals surface area contributed by atoms with E-state index in [2.05, 4.69) is 24.2 Å². The first-order valence-corrected chi connectivity index (χ1v) is 9.29. The molecular formula is C18H39IN4O2. The minimum absolute atomic E-state index is 0. The van der Waals surface area contributed by atoms with E-state index in [-0.39, 0.29) is 36.0 Å². The predicted molar refractivity (Wildman–Crippen MR) is 117 cm³/mol. The molecule has 0 heterocycles. The molecule has 0 aromatic rings. The van der Waals surface area contributed by atoms with Crippen molar-refractivity contribution in [1.82, 2.24) is 15.1 Å². The van der Waals surface area contributed by atoms with E-state index in [1.165, 1.54) is 0 Å². The average molecular weight is 470 g/mol. The molecule has 1 atom stereocenters. The molecule has 0 aliphatic rings. The van der Waals surface area contributed by atoms with Crippen molar-refractivity contribution in [3.05, 3.63) is 0 Å². The van der Waals surface area contributed by atoms with Gasteiger partial charge >= 0.3 is 0 Å². The van der Waals surface area contributed by atoms with Crippen LogP contribution in [0, 0.1) is 5.92 Å². The number of aliphatic imine (C=N–C) groups is 1. The number of halogens is 1. The Labute approximate surface area is 171 Å². The third-order valence-corrected chi connectivity index (χ3v) is 3.98. The van der Waals surface area contributed by atoms with E-state index in [1.54, 1.807) is 0 Å². The van der Waals surface area contributed by atoms with Crippen molar-refractivity contribution < 1.29 is 9.53 Å². The fourth-order valence-electron chi connectivity index (χ4n) is 2.54. The summed E-state index contributed by atoms with van der Waals surface area (Å²) in [5.74, 6) is 1.38. The number of ether oxygens (including phenoxy) is 1. The molecule has 0 spiro atoms. The zero-order chi connectivity index (χ0) is 18.5. The van der Waals surface area contributed by atoms with Gasteiger partial charge in [0.2, 0.25) is 5.91 Å². The van der Waals surface area contributed by atoms with E-state index < -0.39 is 0 Å². The van der Waals surface area contributed by atoms with Gasteiger partial charge in [-0.1, -0.05) is 13.8 Å². The number of hydrogen-bond acceptors (Lipinski definition) is 3. The molecular weight excluding hydrogens is 431 g/mol. The zero-order valence-electron chi connectivity index (χ0n) is 17.2. The molecule has 0 rings (SSSR count). The van der Waals surface area contributed by atoms with Crippen molar-refractivity contribution in [2.24, 2.45) is 10.9 Å². The fraction of sp³-hybridized carbons (Fsp3) is 0.889. The Morgan fingerprint density at radius 1 is 1.16 bits per heavy atom. The Kier molecular flexibility index (Phi) is 16.7. The summed E-state index contributed by atoms with van der Waals surface area (Å²) in [6.07, 6.45) is 1.11. The summed E-state index contributed by atoms with van der Waals surface area (Å²) in [7, 11) is 1.91. The van der Waals surface area contributed by atoms with Crippen LogP contribution in [-0.4, -0.2) is 74.1 Å². The lowest BCUT2D eigenvalue weighted by Gasteiger charge is -2.26. The highest BCUT2D eigenvalue weighted by atomic mass is 127. The van der Waals surface area contributed by atoms with Crippen LogP contribution < -0.4 is 5.32 Å². The summed E-state index contributed by atoms with van der Waals surface area (Å²) >= 11 is 0. The van der Waals surface area contributed by atoms with Crippen molar-refractivity contribution in [3.8, 4) is 0 Å². The van der Waals surface area contributed by atoms with Crippen molar-refractivity contribution in [2.75, 3.05) is 46.4 Å². The van der Waals surface area contributed by atoms with Gasteiger partial charge < -0.3 is 19.9 Å². The average Bonchev–Trinajstić information content (AvgIpc) is 2.53. The summed E-state index contributed by atoms with van der Waals surface area (Å²) < 4.78 is 5.77. The highest BCUT2D eigenvalue weighted by Gasteiger charge is 2.16. The maximum Gasteiger partial charge on any atom is 0.242 e. The number of amides is 1. The Morgan fingerprint density at radius 3 is 2.20 bits per heavy atom. The third-order valence-electron chi connectivity index (χ3n) is 3.98. The molecule has 25 heavy (non-hydrogen) atoms. The maximum absolute atomic E-state index is 12.3. The van der Waals surface area contributed by atoms with E-state index in [1.807, 2.05) is 44.5 Å². The largest absolute Gasteiger partial charge is 0.378 e. The molecule has 0 saturated heterocycles. The number of nitrogens with one attached hydrogen (secondary N) is 1. The number of nitrogens with zero attached hydrogens (tertiary/aromatic N) is 3. The van der Waals surface area contributed by atoms with Crippen molar-refractivity contribution in [3.63, 3.8) is 0 Å². The SMILES string of the molecule is CCNC(=NCCC(OCC)C(C)C)N(C)CC(=O)N(CC)CC.I. The number of likely N-dealkylation sites (N-methyl/N-ethyl adjacent to an activating group) is 2. The van der Waals surface area contributed by atoms with E-state index in [4.69, 9.17) is 4.74 Å². The highest BCUT2D eigenvalue weighted by Crippen LogP contribution is 2.10. The van der Waals surface area contributed by atoms with Gasteiger partial charge in [-0.05, 0) is 40.0 Å². The molecule has 150 valence electrons. The zero-order valence-corrected chi connectivity index (χ0v) is 19.5. The quantitative estimate of drug-likeness (QED) is 0.287. The molecule has 0 aliphatic heterocycles. The number of hydrogen-bond donors (Lipinski definition) is 1. The summed E-state index contributed by atoms with van der Waals surface area (Å²) in [5, 5.41) is 3.26. The maximum atomic E-state index is 12.3. The van der Waals surface area contributed by atoms with E-state index in [0.717, 1.165) is 38.6 Å². The summed E-state index contributed by atoms with van der Waals surface area (Å²) in [6, 6.07) is 0. The molecule has 0 fully saturated rings. The Hall–Kier alpha value is -0.570. The van der Waals surface area contributed by atoms with Gasteiger partial charge in [0.05, 0.1) is 12.6 Å². The second kappa shape index (κ2) is 15.7. The second-order valence-electron chi connectivity index (χ2n) is 6.18. The molecule has 1 amide bonds. The van der Waals surface area contributed by atoms with Gasteiger partial charge in [-0.3, -0.25) is 9.79 Å². The first-order chi connectivity index (χ1) is 11.4. The van der Waals surface area contributed by atoms with Gasteiger partial charge in [0.1, 0.15) is 0 Å². The Bertz CT molecular complexity index is 374. The normalized spacial score (nSPS) is 12.6. The molecule has 6 nitrogen and oxygen atoms in total. The molecule has 0 saturated carbocycles. The van der Waals surface area contributed by atoms with E-state index in [0.29, 0.717) is 19.0 Å². The number of guanidine groups is 1. The van der Waals surface area contributed by atoms with Crippen LogP contribution >= 0.6 is 24.0 Å². The Morgan fingerprint density at radius 2 is 1.76 bits per heavy atom. The van der Waals surface area contributed by atoms with Crippen molar-refractivity contribution >= 4 is 35.8 Å². The van der Waals surface area contributed by atoms with Crippen molar-refractivity contribution in [1.29, 1.82) is 0 Å². The van der Waals surface area contributed by atoms with Crippen LogP contribution in [0.25, 0.3) is 0 Å². The molecule has 0 aromatic heterocycles. The lowest BCUT2D eigenvalue weighted by Crippen LogP contribution is -2.45. The summed E-state index contributed by atoms with van der Waals surface area (Å²) in [4.78, 5) is 20.7. The monoisotopic (exact) mass is 470 g/mol. The lowest BCUT2D eigenvalue weighted by molar-refractivity contribution is -0.131. The lowest BCUT2D eigenvalue weighted by atomic mass is 10.0. The van der Waals surface area contributed by atoms with Gasteiger partial charge in [-0.25, -0.2) is 0 Å². The van der Waals surface area contributed by atoms with Gasteiger partial charge in [0.25, 0.3) is 0 Å². The summed E-state index contributed by atoms with van der Waals surface area (Å²) in [6.45, 7) is 16.4. The van der Waals surface area contributed by atoms with Gasteiger partial charge in [0.15, 0.2) is 5.96 Å². The highest BCUT2D eigenvalue weighted by molar-refractivity contribution is 14.0. The van der Waals surface area contributed by atoms with Crippen LogP contribution in [-0.2, 0) is 9.53 Å². The van der Waals surface area contributed by atoms with Gasteiger partial charge in [-0.15, -0.1) is 24.0 Å². The predicted octanol–water partition coefficient (Wildman–Crippen LogP) is 2.82. The standard InChI is InChI=1S/C18H38N4O2.HI/c1-8-19-18(20-13-12-16(15(5)6)24-11-4)21(7)14-17(23)22(9-2)10-3;/h15-16H,8-14H2,1-7H3,(H,19,20);1H. The molecule has 1 unspecified atom stereocenters. The molecule has 0 aromatic carbocycles. The number of rotatable bonds is 11. The fourth-order valence-corrected chi connectivity index (χ4v) is 2.54. The van der Waals surface area contributed by atoms with E-state index >= 15 is 0 Å². The minimum Gasteiger partial charge on any atom is -0.378 e. The minimum atomic E-state index is 0. The molecule has 1 N–H and O–H groups in total. The van der Waals surface area contributed by atoms with Crippen LogP contribution in [0.15, 0.2) is 4.99 Å². The third kappa shape index (κ3) is 10.9. The van der Waals surface area contributed by atoms with E-state index in [9.17, 15) is 4.79 Å². The first-order valence-electron chi connectivity index (χ1n) is 9.29. The number of carbonyl (C=O) groups excluding carboxylic acids is 1. The summed E-state index contributed by atoms with van der Waals surface area (Å²) in [5.41, 5.74) is 0. The van der Waals surface area contributed by atoms with Crippen LogP contribution in [0.1, 0.15) is 48.0 Å². The molecule has 0 aliphatic carbocycles. The molecule has 7 heteroatoms. The van der Waals surface area contributed by atoms with Crippen LogP contribution in [0.3, 0.4) is 0 Å². The van der Waals surface area contributed by atoms with Crippen LogP contribution in [0.5, 0.6) is 0 Å². The topological polar surface area (TPSA) is 57.2 Å². The van der Waals surface area contributed by atoms with Crippen LogP contribution in [0.4, 0.5) is 0 Å². The molecule has 0 radical (unpaired) electrons. The van der Waals surface area contributed by atoms with Gasteiger partial charge in [0, 0.05) is 39.8 Å². The number of carbonyl (C=O) groups is 1. The first kappa shape index (κ1) is 26.7.